The van der Waals surface area contributed by atoms with Gasteiger partial charge >= 0.3 is 0 Å². The molecule has 0 radical (unpaired) electrons. The van der Waals surface area contributed by atoms with Crippen LogP contribution in [0.1, 0.15) is 10.6 Å². The second-order valence-electron chi connectivity index (χ2n) is 4.45. The maximum absolute atomic E-state index is 11.6. The highest BCUT2D eigenvalue weighted by Crippen LogP contribution is 2.20. The van der Waals surface area contributed by atoms with Gasteiger partial charge in [0.2, 0.25) is 0 Å². The van der Waals surface area contributed by atoms with Gasteiger partial charge in [0.05, 0.1) is 19.8 Å². The fraction of sp³-hybridized carbons (Fsp3) is 0.636. The summed E-state index contributed by atoms with van der Waals surface area (Å²) in [5, 5.41) is 5.55. The van der Waals surface area contributed by atoms with Crippen molar-refractivity contribution in [2.24, 2.45) is 0 Å². The van der Waals surface area contributed by atoms with Crippen LogP contribution < -0.4 is 15.5 Å². The number of amides is 1. The summed E-state index contributed by atoms with van der Waals surface area (Å²) in [7, 11) is 4.21. The van der Waals surface area contributed by atoms with E-state index < -0.39 is 0 Å². The Morgan fingerprint density at radius 3 is 2.71 bits per heavy atom. The summed E-state index contributed by atoms with van der Waals surface area (Å²) in [6.07, 6.45) is 0. The molecule has 0 spiro atoms. The van der Waals surface area contributed by atoms with Crippen LogP contribution in [0.4, 0.5) is 5.13 Å². The number of likely N-dealkylation sites (N-methyl/N-ethyl adjacent to an activating group) is 1. The van der Waals surface area contributed by atoms with Gasteiger partial charge in [-0.05, 0) is 13.8 Å². The van der Waals surface area contributed by atoms with Crippen molar-refractivity contribution in [3.05, 3.63) is 10.6 Å². The number of rotatable bonds is 6. The number of thiazole rings is 1. The highest BCUT2D eigenvalue weighted by molar-refractivity contribution is 7.15. The SMILES string of the molecule is Cc1nc(NC(=O)C[NH2+]CC[NH+](C)C)sc1C. The lowest BCUT2D eigenvalue weighted by Crippen LogP contribution is -3.09. The zero-order chi connectivity index (χ0) is 12.8. The number of hydrogen-bond acceptors (Lipinski definition) is 3. The van der Waals surface area contributed by atoms with Crippen molar-refractivity contribution in [2.45, 2.75) is 13.8 Å². The standard InChI is InChI=1S/C11H20N4OS/c1-8-9(2)17-11(13-8)14-10(16)7-12-5-6-15(3)4/h12H,5-7H2,1-4H3,(H,13,14,16)/p+2. The summed E-state index contributed by atoms with van der Waals surface area (Å²) in [6.45, 7) is 6.45. The molecule has 5 nitrogen and oxygen atoms in total. The van der Waals surface area contributed by atoms with E-state index in [2.05, 4.69) is 24.4 Å². The zero-order valence-electron chi connectivity index (χ0n) is 11.0. The summed E-state index contributed by atoms with van der Waals surface area (Å²) in [5.74, 6) is 0.0208. The van der Waals surface area contributed by atoms with Crippen LogP contribution in [-0.4, -0.2) is 44.6 Å². The van der Waals surface area contributed by atoms with E-state index in [0.29, 0.717) is 11.7 Å². The van der Waals surface area contributed by atoms with Gasteiger partial charge in [-0.15, -0.1) is 11.3 Å². The molecule has 0 aliphatic rings. The second-order valence-corrected chi connectivity index (χ2v) is 5.65. The molecule has 0 bridgehead atoms. The molecule has 0 aliphatic carbocycles. The molecule has 1 rings (SSSR count). The Balaban J connectivity index is 2.25. The number of nitrogens with zero attached hydrogens (tertiary/aromatic N) is 1. The molecule has 4 N–H and O–H groups in total. The van der Waals surface area contributed by atoms with Gasteiger partial charge in [0.15, 0.2) is 11.7 Å². The van der Waals surface area contributed by atoms with Gasteiger partial charge in [0.1, 0.15) is 13.1 Å². The van der Waals surface area contributed by atoms with Crippen LogP contribution in [0.5, 0.6) is 0 Å². The molecule has 1 aromatic heterocycles. The molecule has 0 unspecified atom stereocenters. The Bertz CT molecular complexity index is 356. The minimum absolute atomic E-state index is 0.0208. The number of aromatic nitrogens is 1. The third-order valence-electron chi connectivity index (χ3n) is 2.45. The maximum atomic E-state index is 11.6. The third kappa shape index (κ3) is 5.25. The minimum atomic E-state index is 0.0208. The number of nitrogens with two attached hydrogens (primary N) is 1. The summed E-state index contributed by atoms with van der Waals surface area (Å²) in [4.78, 5) is 18.4. The Morgan fingerprint density at radius 1 is 1.47 bits per heavy atom. The molecule has 1 heterocycles. The van der Waals surface area contributed by atoms with E-state index in [1.54, 1.807) is 0 Å². The normalized spacial score (nSPS) is 10.9. The highest BCUT2D eigenvalue weighted by Gasteiger charge is 2.09. The molecule has 6 heteroatoms. The largest absolute Gasteiger partial charge is 0.335 e. The van der Waals surface area contributed by atoms with Crippen LogP contribution in [0.2, 0.25) is 0 Å². The van der Waals surface area contributed by atoms with Gasteiger partial charge in [-0.2, -0.15) is 0 Å². The van der Waals surface area contributed by atoms with Crippen molar-refractivity contribution in [3.8, 4) is 0 Å². The van der Waals surface area contributed by atoms with E-state index in [-0.39, 0.29) is 5.91 Å². The molecular weight excluding hydrogens is 236 g/mol. The Hall–Kier alpha value is -0.980. The molecule has 1 amide bonds. The van der Waals surface area contributed by atoms with E-state index in [9.17, 15) is 4.79 Å². The summed E-state index contributed by atoms with van der Waals surface area (Å²) in [5.41, 5.74) is 0.991. The summed E-state index contributed by atoms with van der Waals surface area (Å²) < 4.78 is 0. The Kier molecular flexibility index (Phi) is 5.54. The molecule has 0 aromatic carbocycles. The molecular formula is C11H22N4OS+2. The first-order valence-corrected chi connectivity index (χ1v) is 6.65. The number of nitrogens with one attached hydrogen (secondary N) is 2. The maximum Gasteiger partial charge on any atom is 0.281 e. The number of anilines is 1. The third-order valence-corrected chi connectivity index (χ3v) is 3.44. The molecule has 1 aromatic rings. The van der Waals surface area contributed by atoms with Gasteiger partial charge in [-0.1, -0.05) is 0 Å². The van der Waals surface area contributed by atoms with Gasteiger partial charge in [-0.3, -0.25) is 10.1 Å². The van der Waals surface area contributed by atoms with E-state index in [1.807, 2.05) is 19.2 Å². The van der Waals surface area contributed by atoms with Crippen molar-refractivity contribution in [3.63, 3.8) is 0 Å². The first kappa shape index (κ1) is 14.1. The molecule has 0 aliphatic heterocycles. The lowest BCUT2D eigenvalue weighted by atomic mass is 10.4. The number of carbonyl (C=O) groups is 1. The predicted octanol–water partition coefficient (Wildman–Crippen LogP) is -1.59. The number of carbonyl (C=O) groups excluding carboxylic acids is 1. The quantitative estimate of drug-likeness (QED) is 0.539. The fourth-order valence-electron chi connectivity index (χ4n) is 1.32. The number of quaternary nitrogens is 2. The van der Waals surface area contributed by atoms with E-state index in [4.69, 9.17) is 0 Å². The van der Waals surface area contributed by atoms with E-state index in [1.165, 1.54) is 16.2 Å². The van der Waals surface area contributed by atoms with Crippen molar-refractivity contribution >= 4 is 22.4 Å². The molecule has 0 saturated heterocycles. The zero-order valence-corrected chi connectivity index (χ0v) is 11.8. The lowest BCUT2D eigenvalue weighted by Gasteiger charge is -2.05. The van der Waals surface area contributed by atoms with Crippen LogP contribution in [-0.2, 0) is 4.79 Å². The molecule has 96 valence electrons. The summed E-state index contributed by atoms with van der Waals surface area (Å²) in [6, 6.07) is 0. The van der Waals surface area contributed by atoms with E-state index >= 15 is 0 Å². The number of aryl methyl sites for hydroxylation is 2. The Labute approximate surface area is 106 Å². The van der Waals surface area contributed by atoms with E-state index in [0.717, 1.165) is 23.7 Å². The lowest BCUT2D eigenvalue weighted by molar-refractivity contribution is -0.873. The average molecular weight is 258 g/mol. The minimum Gasteiger partial charge on any atom is -0.335 e. The van der Waals surface area contributed by atoms with Crippen molar-refractivity contribution < 1.29 is 15.0 Å². The second kappa shape index (κ2) is 6.68. The first-order chi connectivity index (χ1) is 7.99. The molecule has 0 saturated carbocycles. The first-order valence-electron chi connectivity index (χ1n) is 5.83. The number of hydrogen-bond donors (Lipinski definition) is 3. The van der Waals surface area contributed by atoms with Crippen molar-refractivity contribution in [2.75, 3.05) is 39.0 Å². The van der Waals surface area contributed by atoms with Gasteiger partial charge in [-0.25, -0.2) is 4.98 Å². The smallest absolute Gasteiger partial charge is 0.281 e. The average Bonchev–Trinajstić information content (AvgIpc) is 2.52. The van der Waals surface area contributed by atoms with Crippen LogP contribution in [0.3, 0.4) is 0 Å². The van der Waals surface area contributed by atoms with Crippen LogP contribution in [0.15, 0.2) is 0 Å². The monoisotopic (exact) mass is 258 g/mol. The molecule has 17 heavy (non-hydrogen) atoms. The van der Waals surface area contributed by atoms with Gasteiger partial charge in [0, 0.05) is 4.88 Å². The van der Waals surface area contributed by atoms with Crippen LogP contribution >= 0.6 is 11.3 Å². The fourth-order valence-corrected chi connectivity index (χ4v) is 2.15. The van der Waals surface area contributed by atoms with Crippen molar-refractivity contribution in [1.82, 2.24) is 4.98 Å². The molecule has 0 fully saturated rings. The van der Waals surface area contributed by atoms with Gasteiger partial charge in [0.25, 0.3) is 5.91 Å². The van der Waals surface area contributed by atoms with Crippen LogP contribution in [0, 0.1) is 13.8 Å². The summed E-state index contributed by atoms with van der Waals surface area (Å²) >= 11 is 1.53. The van der Waals surface area contributed by atoms with Crippen LogP contribution in [0.25, 0.3) is 0 Å². The van der Waals surface area contributed by atoms with Gasteiger partial charge < -0.3 is 10.2 Å². The van der Waals surface area contributed by atoms with Crippen molar-refractivity contribution in [1.29, 1.82) is 0 Å². The highest BCUT2D eigenvalue weighted by atomic mass is 32.1. The molecule has 0 atom stereocenters. The Morgan fingerprint density at radius 2 is 2.18 bits per heavy atom. The predicted molar refractivity (Wildman–Crippen MR) is 69.6 cm³/mol. The topological polar surface area (TPSA) is 63.0 Å².